The third-order valence-corrected chi connectivity index (χ3v) is 4.09. The highest BCUT2D eigenvalue weighted by molar-refractivity contribution is 6.46. The fraction of sp³-hybridized carbons (Fsp3) is 0.263. The molecular weight excluding hydrogens is 382 g/mol. The number of rotatable bonds is 8. The quantitative estimate of drug-likeness (QED) is 0.516. The summed E-state index contributed by atoms with van der Waals surface area (Å²) in [5, 5.41) is 17.8. The lowest BCUT2D eigenvalue weighted by Crippen LogP contribution is -2.17. The summed E-state index contributed by atoms with van der Waals surface area (Å²) in [5.74, 6) is 0.129. The molecule has 1 heterocycles. The van der Waals surface area contributed by atoms with Crippen LogP contribution in [0.25, 0.3) is 0 Å². The largest absolute Gasteiger partial charge is 0.507 e. The Kier molecular flexibility index (Phi) is 5.82. The van der Waals surface area contributed by atoms with Gasteiger partial charge in [-0.3, -0.25) is 9.59 Å². The Labute approximate surface area is 165 Å². The minimum absolute atomic E-state index is 0.0819. The summed E-state index contributed by atoms with van der Waals surface area (Å²) in [6.45, 7) is 0.190. The molecule has 0 saturated carbocycles. The van der Waals surface area contributed by atoms with Crippen molar-refractivity contribution in [3.8, 4) is 23.0 Å². The second-order valence-corrected chi connectivity index (χ2v) is 5.98. The Morgan fingerprint density at radius 1 is 1.00 bits per heavy atom. The van der Waals surface area contributed by atoms with Crippen LogP contribution in [-0.2, 0) is 22.7 Å². The second kappa shape index (κ2) is 8.46. The maximum absolute atomic E-state index is 11.5. The number of hydrogen-bond donors (Lipinski definition) is 1. The Morgan fingerprint density at radius 3 is 2.28 bits per heavy atom. The number of allylic oxidation sites excluding steroid dienone is 3. The van der Waals surface area contributed by atoms with E-state index in [4.69, 9.17) is 18.9 Å². The normalized spacial score (nSPS) is 13.6. The molecule has 1 aliphatic carbocycles. The zero-order chi connectivity index (χ0) is 21.0. The first-order valence-electron chi connectivity index (χ1n) is 8.46. The van der Waals surface area contributed by atoms with Crippen molar-refractivity contribution in [3.63, 3.8) is 0 Å². The summed E-state index contributed by atoms with van der Waals surface area (Å²) < 4.78 is 23.0. The first kappa shape index (κ1) is 19.9. The molecule has 1 N–H and O–H groups in total. The van der Waals surface area contributed by atoms with Gasteiger partial charge in [-0.1, -0.05) is 5.21 Å². The number of aromatic nitrogens is 3. The summed E-state index contributed by atoms with van der Waals surface area (Å²) in [5.41, 5.74) is 0.789. The maximum Gasteiger partial charge on any atom is 0.229 e. The fourth-order valence-electron chi connectivity index (χ4n) is 2.67. The topological polar surface area (TPSA) is 122 Å². The van der Waals surface area contributed by atoms with E-state index in [9.17, 15) is 14.7 Å². The lowest BCUT2D eigenvalue weighted by atomic mass is 10.0. The molecule has 3 rings (SSSR count). The van der Waals surface area contributed by atoms with Crippen LogP contribution in [-0.4, -0.2) is 53.0 Å². The average Bonchev–Trinajstić information content (AvgIpc) is 3.16. The molecule has 0 aliphatic heterocycles. The van der Waals surface area contributed by atoms with E-state index >= 15 is 0 Å². The van der Waals surface area contributed by atoms with E-state index in [1.165, 1.54) is 26.0 Å². The molecule has 152 valence electrons. The Balaban J connectivity index is 1.68. The molecule has 1 aromatic heterocycles. The summed E-state index contributed by atoms with van der Waals surface area (Å²) >= 11 is 0. The van der Waals surface area contributed by atoms with Crippen LogP contribution in [0.3, 0.4) is 0 Å². The molecule has 29 heavy (non-hydrogen) atoms. The molecule has 0 radical (unpaired) electrons. The van der Waals surface area contributed by atoms with Gasteiger partial charge in [0.15, 0.2) is 11.5 Å². The molecule has 1 aliphatic rings. The smallest absolute Gasteiger partial charge is 0.229 e. The van der Waals surface area contributed by atoms with Crippen LogP contribution >= 0.6 is 0 Å². The molecule has 0 fully saturated rings. The van der Waals surface area contributed by atoms with E-state index in [1.54, 1.807) is 18.3 Å². The summed E-state index contributed by atoms with van der Waals surface area (Å²) in [6.07, 6.45) is 3.58. The number of aliphatic hydroxyl groups excluding tert-OH is 1. The van der Waals surface area contributed by atoms with Crippen molar-refractivity contribution < 1.29 is 33.6 Å². The van der Waals surface area contributed by atoms with Crippen LogP contribution in [0.5, 0.6) is 23.0 Å². The second-order valence-electron chi connectivity index (χ2n) is 5.98. The van der Waals surface area contributed by atoms with Crippen LogP contribution in [0.15, 0.2) is 41.8 Å². The average molecular weight is 401 g/mol. The van der Waals surface area contributed by atoms with Crippen LogP contribution in [0.2, 0.25) is 0 Å². The SMILES string of the molecule is COc1cc(OCc2cn(CC3=CC(=O)C(=O)C=C3O)nn2)cc(OC)c1OC. The number of benzene rings is 1. The van der Waals surface area contributed by atoms with Crippen molar-refractivity contribution in [3.05, 3.63) is 47.5 Å². The van der Waals surface area contributed by atoms with Gasteiger partial charge in [0.25, 0.3) is 0 Å². The van der Waals surface area contributed by atoms with Crippen molar-refractivity contribution in [2.75, 3.05) is 21.3 Å². The molecule has 0 bridgehead atoms. The molecule has 10 nitrogen and oxygen atoms in total. The lowest BCUT2D eigenvalue weighted by Gasteiger charge is -2.14. The van der Waals surface area contributed by atoms with E-state index in [1.807, 2.05) is 0 Å². The van der Waals surface area contributed by atoms with Crippen molar-refractivity contribution >= 4 is 11.6 Å². The summed E-state index contributed by atoms with van der Waals surface area (Å²) in [4.78, 5) is 22.7. The molecule has 0 amide bonds. The van der Waals surface area contributed by atoms with Gasteiger partial charge in [0.05, 0.1) is 34.1 Å². The van der Waals surface area contributed by atoms with Gasteiger partial charge in [0.1, 0.15) is 23.8 Å². The summed E-state index contributed by atoms with van der Waals surface area (Å²) in [7, 11) is 4.53. The molecule has 10 heteroatoms. The van der Waals surface area contributed by atoms with Gasteiger partial charge in [-0.15, -0.1) is 5.10 Å². The predicted octanol–water partition coefficient (Wildman–Crippen LogP) is 1.40. The Morgan fingerprint density at radius 2 is 1.66 bits per heavy atom. The van der Waals surface area contributed by atoms with Gasteiger partial charge in [0, 0.05) is 23.8 Å². The number of ether oxygens (including phenoxy) is 4. The Bertz CT molecular complexity index is 982. The van der Waals surface area contributed by atoms with Crippen LogP contribution < -0.4 is 18.9 Å². The molecule has 0 spiro atoms. The van der Waals surface area contributed by atoms with Gasteiger partial charge in [-0.25, -0.2) is 4.68 Å². The van der Waals surface area contributed by atoms with E-state index < -0.39 is 11.6 Å². The third kappa shape index (κ3) is 4.37. The number of carbonyl (C=O) groups excluding carboxylic acids is 2. The molecule has 1 aromatic carbocycles. The highest BCUT2D eigenvalue weighted by Gasteiger charge is 2.20. The monoisotopic (exact) mass is 401 g/mol. The summed E-state index contributed by atoms with van der Waals surface area (Å²) in [6, 6.07) is 3.31. The standard InChI is InChI=1S/C19H19N3O7/c1-26-17-5-13(6-18(27-2)19(17)28-3)29-10-12-9-22(21-20-12)8-11-4-15(24)16(25)7-14(11)23/h4-7,9,23H,8,10H2,1-3H3. The van der Waals surface area contributed by atoms with Crippen molar-refractivity contribution in [2.45, 2.75) is 13.2 Å². The lowest BCUT2D eigenvalue weighted by molar-refractivity contribution is -0.131. The third-order valence-electron chi connectivity index (χ3n) is 4.09. The van der Waals surface area contributed by atoms with Gasteiger partial charge in [0.2, 0.25) is 17.3 Å². The first-order chi connectivity index (χ1) is 13.9. The zero-order valence-corrected chi connectivity index (χ0v) is 16.0. The first-order valence-corrected chi connectivity index (χ1v) is 8.46. The number of carbonyl (C=O) groups is 2. The van der Waals surface area contributed by atoms with Gasteiger partial charge < -0.3 is 24.1 Å². The van der Waals surface area contributed by atoms with E-state index in [0.29, 0.717) is 28.7 Å². The molecule has 0 unspecified atom stereocenters. The van der Waals surface area contributed by atoms with Crippen molar-refractivity contribution in [2.24, 2.45) is 0 Å². The van der Waals surface area contributed by atoms with Crippen molar-refractivity contribution in [1.29, 1.82) is 0 Å². The number of methoxy groups -OCH3 is 3. The number of nitrogens with zero attached hydrogens (tertiary/aromatic N) is 3. The molecular formula is C19H19N3O7. The number of aliphatic hydroxyl groups is 1. The number of hydrogen-bond acceptors (Lipinski definition) is 9. The van der Waals surface area contributed by atoms with E-state index in [-0.39, 0.29) is 24.5 Å². The van der Waals surface area contributed by atoms with Gasteiger partial charge >= 0.3 is 0 Å². The predicted molar refractivity (Wildman–Crippen MR) is 99.3 cm³/mol. The molecule has 0 atom stereocenters. The van der Waals surface area contributed by atoms with E-state index in [0.717, 1.165) is 12.2 Å². The van der Waals surface area contributed by atoms with Crippen LogP contribution in [0, 0.1) is 0 Å². The van der Waals surface area contributed by atoms with Crippen LogP contribution in [0.1, 0.15) is 5.69 Å². The number of ketones is 2. The Hall–Kier alpha value is -3.82. The van der Waals surface area contributed by atoms with Crippen molar-refractivity contribution in [1.82, 2.24) is 15.0 Å². The van der Waals surface area contributed by atoms with E-state index in [2.05, 4.69) is 10.3 Å². The molecule has 2 aromatic rings. The highest BCUT2D eigenvalue weighted by atomic mass is 16.5. The highest BCUT2D eigenvalue weighted by Crippen LogP contribution is 2.40. The fourth-order valence-corrected chi connectivity index (χ4v) is 2.67. The van der Waals surface area contributed by atoms with Gasteiger partial charge in [-0.05, 0) is 6.08 Å². The minimum atomic E-state index is -0.760. The maximum atomic E-state index is 11.5. The van der Waals surface area contributed by atoms with Crippen LogP contribution in [0.4, 0.5) is 0 Å². The zero-order valence-electron chi connectivity index (χ0n) is 16.0. The minimum Gasteiger partial charge on any atom is -0.507 e. The van der Waals surface area contributed by atoms with Gasteiger partial charge in [-0.2, -0.15) is 0 Å². The molecule has 0 saturated heterocycles.